The van der Waals surface area contributed by atoms with Crippen molar-refractivity contribution in [1.82, 2.24) is 25.5 Å². The lowest BCUT2D eigenvalue weighted by Crippen LogP contribution is -2.40. The third kappa shape index (κ3) is 2.95. The fourth-order valence-corrected chi connectivity index (χ4v) is 3.59. The molecule has 1 saturated heterocycles. The number of hydrogen-bond acceptors (Lipinski definition) is 8. The molecule has 0 aliphatic carbocycles. The molecule has 9 heteroatoms. The molecule has 0 saturated carbocycles. The molecule has 4 rings (SSSR count). The summed E-state index contributed by atoms with van der Waals surface area (Å²) in [5, 5.41) is 3.94. The molecule has 1 atom stereocenters. The molecule has 4 heterocycles. The van der Waals surface area contributed by atoms with E-state index in [0.29, 0.717) is 4.73 Å². The van der Waals surface area contributed by atoms with Crippen molar-refractivity contribution in [3.63, 3.8) is 0 Å². The molecule has 8 nitrogen and oxygen atoms in total. The van der Waals surface area contributed by atoms with Crippen LogP contribution in [0.1, 0.15) is 27.2 Å². The van der Waals surface area contributed by atoms with Crippen LogP contribution in [-0.4, -0.2) is 51.9 Å². The molecular weight excluding hydrogens is 398 g/mol. The standard InChI is InChI=1S/C17H22BrN7O/c1-10-15(11(2)25-16(21-10)12(3)23(4)22-25)26-14-5-6-24(9-14)13-7-19-17(18)20-8-13/h7-8,14,22H,5-6,9H2,1-4H3. The van der Waals surface area contributed by atoms with Gasteiger partial charge in [-0.15, -0.1) is 5.53 Å². The highest BCUT2D eigenvalue weighted by atomic mass is 79.9. The maximum Gasteiger partial charge on any atom is 0.196 e. The predicted octanol–water partition coefficient (Wildman–Crippen LogP) is 2.40. The summed E-state index contributed by atoms with van der Waals surface area (Å²) >= 11 is 3.27. The number of ether oxygens (including phenoxy) is 1. The van der Waals surface area contributed by atoms with Crippen LogP contribution in [0.2, 0.25) is 0 Å². The van der Waals surface area contributed by atoms with Crippen LogP contribution in [0.5, 0.6) is 0 Å². The Morgan fingerprint density at radius 3 is 2.65 bits per heavy atom. The fourth-order valence-electron chi connectivity index (χ4n) is 3.39. The van der Waals surface area contributed by atoms with E-state index in [1.54, 1.807) is 0 Å². The molecule has 26 heavy (non-hydrogen) atoms. The summed E-state index contributed by atoms with van der Waals surface area (Å²) in [6.07, 6.45) is 4.73. The quantitative estimate of drug-likeness (QED) is 0.754. The van der Waals surface area contributed by atoms with E-state index in [-0.39, 0.29) is 6.10 Å². The van der Waals surface area contributed by atoms with Gasteiger partial charge in [-0.05, 0) is 36.7 Å². The van der Waals surface area contributed by atoms with Gasteiger partial charge in [-0.3, -0.25) is 5.01 Å². The Labute approximate surface area is 161 Å². The number of nitrogens with zero attached hydrogens (tertiary/aromatic N) is 6. The third-order valence-electron chi connectivity index (χ3n) is 4.96. The zero-order valence-electron chi connectivity index (χ0n) is 15.3. The van der Waals surface area contributed by atoms with Crippen LogP contribution < -0.4 is 10.4 Å². The first-order valence-corrected chi connectivity index (χ1v) is 9.40. The first kappa shape index (κ1) is 17.3. The number of anilines is 1. The predicted molar refractivity (Wildman–Crippen MR) is 103 cm³/mol. The van der Waals surface area contributed by atoms with Crippen molar-refractivity contribution < 1.29 is 4.74 Å². The molecule has 1 unspecified atom stereocenters. The molecule has 0 radical (unpaired) electrons. The summed E-state index contributed by atoms with van der Waals surface area (Å²) in [4.78, 5) is 15.4. The Morgan fingerprint density at radius 2 is 1.92 bits per heavy atom. The first-order valence-electron chi connectivity index (χ1n) is 8.60. The Kier molecular flexibility index (Phi) is 4.36. The van der Waals surface area contributed by atoms with E-state index in [1.165, 1.54) is 0 Å². The summed E-state index contributed by atoms with van der Waals surface area (Å²) in [6, 6.07) is 0. The largest absolute Gasteiger partial charge is 0.485 e. The second-order valence-corrected chi connectivity index (χ2v) is 7.41. The summed E-state index contributed by atoms with van der Waals surface area (Å²) in [5.74, 6) is 1.78. The normalized spacial score (nSPS) is 23.0. The topological polar surface area (TPSA) is 69.1 Å². The summed E-state index contributed by atoms with van der Waals surface area (Å²) < 4.78 is 6.97. The monoisotopic (exact) mass is 419 g/mol. The number of halogens is 1. The van der Waals surface area contributed by atoms with Crippen LogP contribution in [0.4, 0.5) is 5.69 Å². The average Bonchev–Trinajstić information content (AvgIpc) is 3.19. The van der Waals surface area contributed by atoms with E-state index in [1.807, 2.05) is 43.3 Å². The van der Waals surface area contributed by atoms with Gasteiger partial charge in [0.1, 0.15) is 6.10 Å². The van der Waals surface area contributed by atoms with Gasteiger partial charge in [0, 0.05) is 20.0 Å². The van der Waals surface area contributed by atoms with Crippen LogP contribution in [0, 0.1) is 0 Å². The first-order chi connectivity index (χ1) is 12.4. The SMILES string of the molecule is CC1=NC2=C(C)N(C)NN2C(C)=C1OC1CCN(c2cnc(Br)nc2)C1. The lowest BCUT2D eigenvalue weighted by Gasteiger charge is -2.29. The Morgan fingerprint density at radius 1 is 1.19 bits per heavy atom. The summed E-state index contributed by atoms with van der Waals surface area (Å²) in [7, 11) is 1.98. The van der Waals surface area contributed by atoms with Gasteiger partial charge < -0.3 is 9.64 Å². The molecule has 0 amide bonds. The van der Waals surface area contributed by atoms with Crippen LogP contribution in [-0.2, 0) is 4.74 Å². The second kappa shape index (κ2) is 6.55. The number of fused-ring (bicyclic) bond motifs is 1. The Bertz CT molecular complexity index is 817. The molecular formula is C17H22BrN7O. The molecule has 3 aliphatic rings. The van der Waals surface area contributed by atoms with Gasteiger partial charge in [-0.2, -0.15) is 0 Å². The molecule has 1 aromatic rings. The lowest BCUT2D eigenvalue weighted by molar-refractivity contribution is 0.123. The van der Waals surface area contributed by atoms with E-state index >= 15 is 0 Å². The molecule has 1 aromatic heterocycles. The number of aliphatic imine (C=N–C) groups is 1. The summed E-state index contributed by atoms with van der Waals surface area (Å²) in [6.45, 7) is 7.84. The van der Waals surface area contributed by atoms with Crippen LogP contribution >= 0.6 is 15.9 Å². The zero-order valence-corrected chi connectivity index (χ0v) is 16.9. The number of rotatable bonds is 3. The number of allylic oxidation sites excluding steroid dienone is 3. The van der Waals surface area contributed by atoms with Crippen molar-refractivity contribution >= 4 is 27.3 Å². The Balaban J connectivity index is 1.49. The van der Waals surface area contributed by atoms with Crippen molar-refractivity contribution in [2.24, 2.45) is 4.99 Å². The average molecular weight is 420 g/mol. The number of hydrazine groups is 2. The second-order valence-electron chi connectivity index (χ2n) is 6.70. The molecule has 0 bridgehead atoms. The molecule has 0 spiro atoms. The number of aromatic nitrogens is 2. The van der Waals surface area contributed by atoms with Gasteiger partial charge in [-0.25, -0.2) is 20.0 Å². The Hall–Kier alpha value is -2.13. The van der Waals surface area contributed by atoms with Crippen molar-refractivity contribution in [3.8, 4) is 0 Å². The van der Waals surface area contributed by atoms with Crippen molar-refractivity contribution in [2.75, 3.05) is 25.0 Å². The number of hydrogen-bond donors (Lipinski definition) is 1. The molecule has 138 valence electrons. The maximum atomic E-state index is 6.37. The molecule has 0 aromatic carbocycles. The van der Waals surface area contributed by atoms with Crippen molar-refractivity contribution in [2.45, 2.75) is 33.3 Å². The van der Waals surface area contributed by atoms with Gasteiger partial charge in [0.05, 0.1) is 41.7 Å². The van der Waals surface area contributed by atoms with E-state index < -0.39 is 0 Å². The van der Waals surface area contributed by atoms with Crippen molar-refractivity contribution in [3.05, 3.63) is 40.1 Å². The van der Waals surface area contributed by atoms with E-state index in [4.69, 9.17) is 9.73 Å². The highest BCUT2D eigenvalue weighted by molar-refractivity contribution is 9.10. The molecule has 3 aliphatic heterocycles. The van der Waals surface area contributed by atoms with E-state index in [9.17, 15) is 0 Å². The van der Waals surface area contributed by atoms with Crippen LogP contribution in [0.25, 0.3) is 0 Å². The lowest BCUT2D eigenvalue weighted by atomic mass is 10.2. The number of nitrogens with one attached hydrogen (secondary N) is 1. The van der Waals surface area contributed by atoms with Crippen molar-refractivity contribution in [1.29, 1.82) is 0 Å². The molecule has 1 fully saturated rings. The maximum absolute atomic E-state index is 6.37. The van der Waals surface area contributed by atoms with Gasteiger partial charge in [0.2, 0.25) is 0 Å². The van der Waals surface area contributed by atoms with Gasteiger partial charge >= 0.3 is 0 Å². The van der Waals surface area contributed by atoms with Crippen LogP contribution in [0.3, 0.4) is 0 Å². The minimum absolute atomic E-state index is 0.112. The smallest absolute Gasteiger partial charge is 0.196 e. The van der Waals surface area contributed by atoms with Gasteiger partial charge in [-0.1, -0.05) is 0 Å². The highest BCUT2D eigenvalue weighted by Crippen LogP contribution is 2.32. The zero-order chi connectivity index (χ0) is 18.4. The summed E-state index contributed by atoms with van der Waals surface area (Å²) in [5.41, 5.74) is 7.33. The van der Waals surface area contributed by atoms with Gasteiger partial charge in [0.25, 0.3) is 0 Å². The molecule has 1 N–H and O–H groups in total. The third-order valence-corrected chi connectivity index (χ3v) is 5.37. The minimum atomic E-state index is 0.112. The van der Waals surface area contributed by atoms with E-state index in [2.05, 4.69) is 43.3 Å². The van der Waals surface area contributed by atoms with Crippen LogP contribution in [0.15, 0.2) is 45.1 Å². The minimum Gasteiger partial charge on any atom is -0.485 e. The highest BCUT2D eigenvalue weighted by Gasteiger charge is 2.33. The fraction of sp³-hybridized carbons (Fsp3) is 0.471. The van der Waals surface area contributed by atoms with Gasteiger partial charge in [0.15, 0.2) is 16.3 Å². The van der Waals surface area contributed by atoms with E-state index in [0.717, 1.165) is 53.9 Å².